The van der Waals surface area contributed by atoms with Gasteiger partial charge in [-0.3, -0.25) is 9.59 Å². The Morgan fingerprint density at radius 3 is 3.00 bits per heavy atom. The van der Waals surface area contributed by atoms with Crippen LogP contribution in [-0.4, -0.2) is 18.4 Å². The molecule has 1 heterocycles. The van der Waals surface area contributed by atoms with Crippen LogP contribution in [0.5, 0.6) is 0 Å². The van der Waals surface area contributed by atoms with Gasteiger partial charge in [-0.1, -0.05) is 6.08 Å². The molecule has 1 atom stereocenters. The lowest BCUT2D eigenvalue weighted by Gasteiger charge is -2.18. The second kappa shape index (κ2) is 4.04. The van der Waals surface area contributed by atoms with Crippen molar-refractivity contribution in [2.45, 2.75) is 19.8 Å². The summed E-state index contributed by atoms with van der Waals surface area (Å²) in [5, 5.41) is 0. The van der Waals surface area contributed by atoms with Crippen LogP contribution in [-0.2, 0) is 14.3 Å². The van der Waals surface area contributed by atoms with E-state index in [0.717, 1.165) is 6.42 Å². The van der Waals surface area contributed by atoms with Crippen molar-refractivity contribution < 1.29 is 14.3 Å². The van der Waals surface area contributed by atoms with E-state index in [2.05, 4.69) is 0 Å². The van der Waals surface area contributed by atoms with E-state index in [4.69, 9.17) is 4.74 Å². The zero-order valence-electron chi connectivity index (χ0n) is 7.08. The van der Waals surface area contributed by atoms with Gasteiger partial charge in [0.15, 0.2) is 5.78 Å². The van der Waals surface area contributed by atoms with Gasteiger partial charge >= 0.3 is 5.97 Å². The molecule has 0 aromatic rings. The number of ketones is 1. The van der Waals surface area contributed by atoms with Gasteiger partial charge in [0.05, 0.1) is 6.61 Å². The predicted octanol–water partition coefficient (Wildman–Crippen LogP) is 1.08. The van der Waals surface area contributed by atoms with Crippen molar-refractivity contribution in [1.29, 1.82) is 0 Å². The van der Waals surface area contributed by atoms with Crippen molar-refractivity contribution in [1.82, 2.24) is 0 Å². The number of carbonyl (C=O) groups excluding carboxylic acids is 2. The van der Waals surface area contributed by atoms with Crippen molar-refractivity contribution in [3.63, 3.8) is 0 Å². The van der Waals surface area contributed by atoms with E-state index in [0.29, 0.717) is 13.0 Å². The number of rotatable bonds is 2. The zero-order valence-corrected chi connectivity index (χ0v) is 7.08. The Morgan fingerprint density at radius 2 is 2.42 bits per heavy atom. The molecule has 1 saturated heterocycles. The first-order chi connectivity index (χ1) is 5.75. The molecule has 3 nitrogen and oxygen atoms in total. The SMILES string of the molecule is C/C=C/C(=O)C1CCCOC1=O. The maximum atomic E-state index is 11.2. The van der Waals surface area contributed by atoms with E-state index in [1.807, 2.05) is 0 Å². The Morgan fingerprint density at radius 1 is 1.67 bits per heavy atom. The summed E-state index contributed by atoms with van der Waals surface area (Å²) in [6.45, 7) is 2.21. The fourth-order valence-corrected chi connectivity index (χ4v) is 1.22. The van der Waals surface area contributed by atoms with Gasteiger partial charge in [0, 0.05) is 0 Å². The monoisotopic (exact) mass is 168 g/mol. The van der Waals surface area contributed by atoms with Gasteiger partial charge in [-0.2, -0.15) is 0 Å². The molecule has 1 rings (SSSR count). The maximum Gasteiger partial charge on any atom is 0.316 e. The Balaban J connectivity index is 2.59. The van der Waals surface area contributed by atoms with Gasteiger partial charge < -0.3 is 4.74 Å². The molecule has 1 aliphatic rings. The fourth-order valence-electron chi connectivity index (χ4n) is 1.22. The molecule has 0 aromatic heterocycles. The molecular weight excluding hydrogens is 156 g/mol. The summed E-state index contributed by atoms with van der Waals surface area (Å²) in [5.41, 5.74) is 0. The van der Waals surface area contributed by atoms with E-state index in [9.17, 15) is 9.59 Å². The normalized spacial score (nSPS) is 24.1. The average molecular weight is 168 g/mol. The quantitative estimate of drug-likeness (QED) is 0.352. The minimum absolute atomic E-state index is 0.137. The number of cyclic esters (lactones) is 1. The lowest BCUT2D eigenvalue weighted by atomic mass is 9.96. The van der Waals surface area contributed by atoms with Crippen LogP contribution in [0.1, 0.15) is 19.8 Å². The van der Waals surface area contributed by atoms with Crippen LogP contribution in [0, 0.1) is 5.92 Å². The van der Waals surface area contributed by atoms with Gasteiger partial charge in [0.2, 0.25) is 0 Å². The topological polar surface area (TPSA) is 43.4 Å². The van der Waals surface area contributed by atoms with Gasteiger partial charge in [-0.05, 0) is 25.8 Å². The molecule has 1 unspecified atom stereocenters. The van der Waals surface area contributed by atoms with Crippen molar-refractivity contribution in [2.75, 3.05) is 6.61 Å². The molecule has 0 radical (unpaired) electrons. The molecule has 0 bridgehead atoms. The molecule has 12 heavy (non-hydrogen) atoms. The van der Waals surface area contributed by atoms with Crippen LogP contribution >= 0.6 is 0 Å². The molecule has 1 fully saturated rings. The predicted molar refractivity (Wildman–Crippen MR) is 43.5 cm³/mol. The Hall–Kier alpha value is -1.12. The number of ether oxygens (including phenoxy) is 1. The third kappa shape index (κ3) is 1.94. The Bertz CT molecular complexity index is 218. The van der Waals surface area contributed by atoms with E-state index in [-0.39, 0.29) is 11.8 Å². The van der Waals surface area contributed by atoms with Crippen LogP contribution in [0.2, 0.25) is 0 Å². The highest BCUT2D eigenvalue weighted by molar-refractivity contribution is 6.05. The second-order valence-corrected chi connectivity index (χ2v) is 2.76. The summed E-state index contributed by atoms with van der Waals surface area (Å²) >= 11 is 0. The average Bonchev–Trinajstić information content (AvgIpc) is 2.05. The zero-order chi connectivity index (χ0) is 8.97. The summed E-state index contributed by atoms with van der Waals surface area (Å²) < 4.78 is 4.76. The van der Waals surface area contributed by atoms with Crippen LogP contribution in [0.4, 0.5) is 0 Å². The fraction of sp³-hybridized carbons (Fsp3) is 0.556. The molecule has 66 valence electrons. The number of hydrogen-bond donors (Lipinski definition) is 0. The van der Waals surface area contributed by atoms with Gasteiger partial charge in [-0.25, -0.2) is 0 Å². The van der Waals surface area contributed by atoms with E-state index >= 15 is 0 Å². The largest absolute Gasteiger partial charge is 0.465 e. The number of hydrogen-bond acceptors (Lipinski definition) is 3. The third-order valence-electron chi connectivity index (χ3n) is 1.84. The smallest absolute Gasteiger partial charge is 0.316 e. The van der Waals surface area contributed by atoms with E-state index in [1.165, 1.54) is 6.08 Å². The van der Waals surface area contributed by atoms with E-state index in [1.54, 1.807) is 13.0 Å². The highest BCUT2D eigenvalue weighted by atomic mass is 16.5. The summed E-state index contributed by atoms with van der Waals surface area (Å²) in [7, 11) is 0. The van der Waals surface area contributed by atoms with Gasteiger partial charge in [0.25, 0.3) is 0 Å². The molecular formula is C9H12O3. The summed E-state index contributed by atoms with van der Waals surface area (Å²) in [6, 6.07) is 0. The molecule has 0 spiro atoms. The Kier molecular flexibility index (Phi) is 3.02. The third-order valence-corrected chi connectivity index (χ3v) is 1.84. The molecule has 3 heteroatoms. The highest BCUT2D eigenvalue weighted by Gasteiger charge is 2.28. The minimum Gasteiger partial charge on any atom is -0.465 e. The molecule has 0 aliphatic carbocycles. The van der Waals surface area contributed by atoms with Gasteiger partial charge in [0.1, 0.15) is 5.92 Å². The van der Waals surface area contributed by atoms with Crippen LogP contribution in [0.25, 0.3) is 0 Å². The van der Waals surface area contributed by atoms with Crippen LogP contribution < -0.4 is 0 Å². The maximum absolute atomic E-state index is 11.2. The minimum atomic E-state index is -0.546. The molecule has 0 saturated carbocycles. The summed E-state index contributed by atoms with van der Waals surface area (Å²) in [4.78, 5) is 22.3. The first kappa shape index (κ1) is 8.97. The number of esters is 1. The molecule has 1 aliphatic heterocycles. The second-order valence-electron chi connectivity index (χ2n) is 2.76. The van der Waals surface area contributed by atoms with E-state index < -0.39 is 5.92 Å². The molecule has 0 aromatic carbocycles. The van der Waals surface area contributed by atoms with Crippen molar-refractivity contribution in [3.05, 3.63) is 12.2 Å². The van der Waals surface area contributed by atoms with Crippen LogP contribution in [0.3, 0.4) is 0 Å². The first-order valence-corrected chi connectivity index (χ1v) is 4.09. The lowest BCUT2D eigenvalue weighted by molar-refractivity contribution is -0.155. The standard InChI is InChI=1S/C9H12O3/c1-2-4-8(10)7-5-3-6-12-9(7)11/h2,4,7H,3,5-6H2,1H3/b4-2+. The molecule has 0 amide bonds. The van der Waals surface area contributed by atoms with Crippen molar-refractivity contribution in [2.24, 2.45) is 5.92 Å². The number of allylic oxidation sites excluding steroid dienone is 2. The first-order valence-electron chi connectivity index (χ1n) is 4.09. The van der Waals surface area contributed by atoms with Crippen molar-refractivity contribution in [3.8, 4) is 0 Å². The summed E-state index contributed by atoms with van der Waals surface area (Å²) in [6.07, 6.45) is 4.49. The Labute approximate surface area is 71.4 Å². The van der Waals surface area contributed by atoms with Crippen LogP contribution in [0.15, 0.2) is 12.2 Å². The number of carbonyl (C=O) groups is 2. The summed E-state index contributed by atoms with van der Waals surface area (Å²) in [5.74, 6) is -1.05. The van der Waals surface area contributed by atoms with Gasteiger partial charge in [-0.15, -0.1) is 0 Å². The highest BCUT2D eigenvalue weighted by Crippen LogP contribution is 2.16. The lowest BCUT2D eigenvalue weighted by Crippen LogP contribution is -2.29. The molecule has 0 N–H and O–H groups in total. The van der Waals surface area contributed by atoms with Crippen molar-refractivity contribution >= 4 is 11.8 Å².